The second-order valence-corrected chi connectivity index (χ2v) is 32.0. The highest BCUT2D eigenvalue weighted by atomic mass is 31.2. The molecular weight excluding hydrogens is 1250 g/mol. The Morgan fingerprint density at radius 1 is 0.295 bits per heavy atom. The van der Waals surface area contributed by atoms with E-state index < -0.39 is 97.5 Å². The molecular formula is C76H148O17P2. The van der Waals surface area contributed by atoms with Crippen LogP contribution >= 0.6 is 15.6 Å². The van der Waals surface area contributed by atoms with E-state index in [4.69, 9.17) is 37.0 Å². The predicted molar refractivity (Wildman–Crippen MR) is 386 cm³/mol. The molecule has 4 unspecified atom stereocenters. The number of rotatable bonds is 73. The molecule has 0 aliphatic rings. The minimum absolute atomic E-state index is 0.105. The lowest BCUT2D eigenvalue weighted by molar-refractivity contribution is -0.161. The van der Waals surface area contributed by atoms with E-state index in [0.717, 1.165) is 114 Å². The Bertz CT molecular complexity index is 1870. The summed E-state index contributed by atoms with van der Waals surface area (Å²) in [5.41, 5.74) is 0. The molecule has 0 aliphatic carbocycles. The van der Waals surface area contributed by atoms with Crippen molar-refractivity contribution in [1.29, 1.82) is 0 Å². The van der Waals surface area contributed by atoms with Crippen LogP contribution in [-0.2, 0) is 65.4 Å². The lowest BCUT2D eigenvalue weighted by Gasteiger charge is -2.21. The highest BCUT2D eigenvalue weighted by Crippen LogP contribution is 2.45. The van der Waals surface area contributed by atoms with Crippen LogP contribution in [0.3, 0.4) is 0 Å². The van der Waals surface area contributed by atoms with E-state index in [-0.39, 0.29) is 25.7 Å². The largest absolute Gasteiger partial charge is 0.472 e. The van der Waals surface area contributed by atoms with Crippen LogP contribution in [0.25, 0.3) is 0 Å². The van der Waals surface area contributed by atoms with Gasteiger partial charge in [-0.15, -0.1) is 0 Å². The van der Waals surface area contributed by atoms with Gasteiger partial charge in [0.25, 0.3) is 0 Å². The van der Waals surface area contributed by atoms with Crippen LogP contribution in [0, 0.1) is 23.7 Å². The summed E-state index contributed by atoms with van der Waals surface area (Å²) in [5.74, 6) is 0.951. The van der Waals surface area contributed by atoms with Crippen molar-refractivity contribution in [3.8, 4) is 0 Å². The Balaban J connectivity index is 5.25. The highest BCUT2D eigenvalue weighted by molar-refractivity contribution is 7.47. The van der Waals surface area contributed by atoms with Crippen molar-refractivity contribution in [2.45, 2.75) is 401 Å². The molecule has 0 amide bonds. The summed E-state index contributed by atoms with van der Waals surface area (Å²) in [6.07, 6.45) is 49.9. The molecule has 0 heterocycles. The topological polar surface area (TPSA) is 237 Å². The first kappa shape index (κ1) is 93.1. The van der Waals surface area contributed by atoms with Gasteiger partial charge in [0.15, 0.2) is 12.2 Å². The zero-order valence-corrected chi connectivity index (χ0v) is 64.1. The number of aliphatic hydroxyl groups is 1. The summed E-state index contributed by atoms with van der Waals surface area (Å²) < 4.78 is 68.5. The molecule has 564 valence electrons. The Hall–Kier alpha value is -1.94. The Labute approximate surface area is 581 Å². The molecule has 19 heteroatoms. The first-order valence-electron chi connectivity index (χ1n) is 39.2. The molecule has 0 fully saturated rings. The SMILES string of the molecule is CCC(C)CCCCCCCCCCC(=O)OC[C@H](COP(=O)(O)OCC(O)COP(=O)(O)OC[C@@H](COC(=O)CCCCCCCCCCC(C)C)OC(=O)CCCCCCCCCCCCCC(C)C)OC(=O)CCCCCCCCCCCCCCCCCC(C)C. The average Bonchev–Trinajstić information content (AvgIpc) is 1.57. The fourth-order valence-corrected chi connectivity index (χ4v) is 13.1. The number of unbranched alkanes of at least 4 members (excludes halogenated alkanes) is 38. The molecule has 0 bridgehead atoms. The van der Waals surface area contributed by atoms with Gasteiger partial charge in [-0.1, -0.05) is 331 Å². The molecule has 6 atom stereocenters. The standard InChI is InChI=1S/C76H148O17P2/c1-9-69(8)55-47-39-31-25-27-33-41-49-57-74(79)87-63-72(92-75(80)58-50-42-34-22-18-14-12-10-11-13-16-20-28-36-44-52-66(2)3)65-91-95(84,85)89-61-70(77)60-88-94(82,83)90-64-71(62-86-73(78)56-48-40-32-26-24-30-38-46-54-68(6)7)93-76(81)59-51-43-35-23-19-15-17-21-29-37-45-53-67(4)5/h66-72,77H,9-65H2,1-8H3,(H,82,83)(H,84,85)/t69?,70?,71-,72-/m1/s1. The van der Waals surface area contributed by atoms with E-state index in [1.165, 1.54) is 186 Å². The van der Waals surface area contributed by atoms with Crippen molar-refractivity contribution in [1.82, 2.24) is 0 Å². The van der Waals surface area contributed by atoms with Gasteiger partial charge in [-0.25, -0.2) is 9.13 Å². The van der Waals surface area contributed by atoms with Crippen molar-refractivity contribution < 1.29 is 80.2 Å². The minimum atomic E-state index is -4.96. The van der Waals surface area contributed by atoms with Gasteiger partial charge < -0.3 is 33.8 Å². The Morgan fingerprint density at radius 2 is 0.505 bits per heavy atom. The monoisotopic (exact) mass is 1400 g/mol. The Morgan fingerprint density at radius 3 is 0.747 bits per heavy atom. The van der Waals surface area contributed by atoms with Gasteiger partial charge in [0.2, 0.25) is 0 Å². The van der Waals surface area contributed by atoms with E-state index in [1.54, 1.807) is 0 Å². The number of carbonyl (C=O) groups is 4. The maximum absolute atomic E-state index is 13.1. The van der Waals surface area contributed by atoms with Crippen LogP contribution in [0.5, 0.6) is 0 Å². The number of phosphoric ester groups is 2. The molecule has 0 aliphatic heterocycles. The summed E-state index contributed by atoms with van der Waals surface area (Å²) in [4.78, 5) is 72.8. The van der Waals surface area contributed by atoms with E-state index in [9.17, 15) is 43.2 Å². The molecule has 0 spiro atoms. The van der Waals surface area contributed by atoms with Gasteiger partial charge in [-0.05, 0) is 49.4 Å². The Kier molecular flexibility index (Phi) is 64.0. The summed E-state index contributed by atoms with van der Waals surface area (Å²) >= 11 is 0. The summed E-state index contributed by atoms with van der Waals surface area (Å²) in [7, 11) is -9.91. The fraction of sp³-hybridized carbons (Fsp3) is 0.947. The van der Waals surface area contributed by atoms with E-state index in [0.29, 0.717) is 25.7 Å². The van der Waals surface area contributed by atoms with Gasteiger partial charge in [0, 0.05) is 25.7 Å². The van der Waals surface area contributed by atoms with Crippen molar-refractivity contribution in [2.24, 2.45) is 23.7 Å². The van der Waals surface area contributed by atoms with Crippen LogP contribution < -0.4 is 0 Å². The van der Waals surface area contributed by atoms with Gasteiger partial charge in [0.05, 0.1) is 26.4 Å². The zero-order chi connectivity index (χ0) is 70.3. The van der Waals surface area contributed by atoms with E-state index in [1.807, 2.05) is 0 Å². The average molecular weight is 1400 g/mol. The van der Waals surface area contributed by atoms with E-state index in [2.05, 4.69) is 55.4 Å². The summed E-state index contributed by atoms with van der Waals surface area (Å²) in [6, 6.07) is 0. The molecule has 0 aromatic rings. The summed E-state index contributed by atoms with van der Waals surface area (Å²) in [5, 5.41) is 10.6. The van der Waals surface area contributed by atoms with Gasteiger partial charge >= 0.3 is 39.5 Å². The molecule has 0 rings (SSSR count). The third-order valence-corrected chi connectivity index (χ3v) is 19.8. The van der Waals surface area contributed by atoms with Crippen LogP contribution in [0.4, 0.5) is 0 Å². The number of hydrogen-bond acceptors (Lipinski definition) is 15. The molecule has 95 heavy (non-hydrogen) atoms. The van der Waals surface area contributed by atoms with Crippen LogP contribution in [-0.4, -0.2) is 96.7 Å². The number of aliphatic hydroxyl groups excluding tert-OH is 1. The minimum Gasteiger partial charge on any atom is -0.462 e. The van der Waals surface area contributed by atoms with Crippen molar-refractivity contribution in [3.05, 3.63) is 0 Å². The summed E-state index contributed by atoms with van der Waals surface area (Å²) in [6.45, 7) is 14.2. The lowest BCUT2D eigenvalue weighted by atomic mass is 9.99. The molecule has 0 saturated heterocycles. The second kappa shape index (κ2) is 65.4. The van der Waals surface area contributed by atoms with Crippen LogP contribution in [0.1, 0.15) is 383 Å². The third kappa shape index (κ3) is 69.0. The molecule has 17 nitrogen and oxygen atoms in total. The number of ether oxygens (including phenoxy) is 4. The van der Waals surface area contributed by atoms with Crippen molar-refractivity contribution in [2.75, 3.05) is 39.6 Å². The first-order chi connectivity index (χ1) is 45.6. The number of phosphoric acid groups is 2. The second-order valence-electron chi connectivity index (χ2n) is 29.1. The highest BCUT2D eigenvalue weighted by Gasteiger charge is 2.30. The van der Waals surface area contributed by atoms with Crippen LogP contribution in [0.15, 0.2) is 0 Å². The molecule has 0 saturated carbocycles. The first-order valence-corrected chi connectivity index (χ1v) is 42.2. The van der Waals surface area contributed by atoms with Crippen molar-refractivity contribution >= 4 is 39.5 Å². The number of esters is 4. The molecule has 3 N–H and O–H groups in total. The normalized spacial score (nSPS) is 14.4. The molecule has 0 radical (unpaired) electrons. The van der Waals surface area contributed by atoms with Gasteiger partial charge in [-0.3, -0.25) is 37.3 Å². The fourth-order valence-electron chi connectivity index (χ4n) is 11.5. The smallest absolute Gasteiger partial charge is 0.462 e. The maximum Gasteiger partial charge on any atom is 0.472 e. The molecule has 0 aromatic heterocycles. The van der Waals surface area contributed by atoms with Gasteiger partial charge in [0.1, 0.15) is 19.3 Å². The predicted octanol–water partition coefficient (Wildman–Crippen LogP) is 22.0. The van der Waals surface area contributed by atoms with Crippen molar-refractivity contribution in [3.63, 3.8) is 0 Å². The number of carbonyl (C=O) groups excluding carboxylic acids is 4. The van der Waals surface area contributed by atoms with Crippen LogP contribution in [0.2, 0.25) is 0 Å². The lowest BCUT2D eigenvalue weighted by Crippen LogP contribution is -2.30. The number of hydrogen-bond donors (Lipinski definition) is 3. The molecule has 0 aromatic carbocycles. The quantitative estimate of drug-likeness (QED) is 0.0222. The third-order valence-electron chi connectivity index (χ3n) is 17.9. The van der Waals surface area contributed by atoms with E-state index >= 15 is 0 Å². The van der Waals surface area contributed by atoms with Gasteiger partial charge in [-0.2, -0.15) is 0 Å². The zero-order valence-electron chi connectivity index (χ0n) is 62.3. The maximum atomic E-state index is 13.1.